The monoisotopic (exact) mass is 334 g/mol. The first-order valence-electron chi connectivity index (χ1n) is 6.73. The fourth-order valence-corrected chi connectivity index (χ4v) is 2.45. The number of ether oxygens (including phenoxy) is 3. The van der Waals surface area contributed by atoms with Crippen LogP contribution in [-0.4, -0.2) is 19.7 Å². The van der Waals surface area contributed by atoms with Crippen LogP contribution in [0.25, 0.3) is 6.08 Å². The van der Waals surface area contributed by atoms with Gasteiger partial charge in [0.05, 0.1) is 12.1 Å². The van der Waals surface area contributed by atoms with Gasteiger partial charge < -0.3 is 14.2 Å². The summed E-state index contributed by atoms with van der Waals surface area (Å²) < 4.78 is 28.9. The van der Waals surface area contributed by atoms with Gasteiger partial charge in [0.25, 0.3) is 0 Å². The third-order valence-electron chi connectivity index (χ3n) is 3.31. The zero-order chi connectivity index (χ0) is 16.4. The number of hydrogen-bond donors (Lipinski definition) is 0. The fourth-order valence-electron chi connectivity index (χ4n) is 2.17. The normalized spacial score (nSPS) is 12.7. The van der Waals surface area contributed by atoms with E-state index in [-0.39, 0.29) is 23.9 Å². The van der Waals surface area contributed by atoms with Crippen LogP contribution >= 0.6 is 11.6 Å². The summed E-state index contributed by atoms with van der Waals surface area (Å²) in [7, 11) is 1.36. The van der Waals surface area contributed by atoms with Crippen LogP contribution in [0.3, 0.4) is 0 Å². The van der Waals surface area contributed by atoms with Crippen molar-refractivity contribution in [2.24, 2.45) is 0 Å². The molecule has 2 aromatic rings. The predicted octanol–water partition coefficient (Wildman–Crippen LogP) is 4.11. The highest BCUT2D eigenvalue weighted by atomic mass is 35.5. The molecule has 0 aliphatic carbocycles. The number of fused-ring (bicyclic) bond motifs is 1. The number of carbonyl (C=O) groups excluding carboxylic acids is 1. The van der Waals surface area contributed by atoms with Gasteiger partial charge in [0.15, 0.2) is 28.8 Å². The van der Waals surface area contributed by atoms with Crippen LogP contribution in [0.4, 0.5) is 4.39 Å². The second-order valence-corrected chi connectivity index (χ2v) is 5.19. The third-order valence-corrected chi connectivity index (χ3v) is 3.59. The Labute approximate surface area is 137 Å². The van der Waals surface area contributed by atoms with Crippen molar-refractivity contribution in [1.82, 2.24) is 0 Å². The first kappa shape index (κ1) is 15.4. The van der Waals surface area contributed by atoms with Gasteiger partial charge in [0.1, 0.15) is 0 Å². The molecular formula is C17H12ClFO4. The van der Waals surface area contributed by atoms with Crippen LogP contribution in [0.1, 0.15) is 15.9 Å². The Balaban J connectivity index is 1.81. The lowest BCUT2D eigenvalue weighted by atomic mass is 10.1. The number of halogens is 2. The van der Waals surface area contributed by atoms with Gasteiger partial charge in [0, 0.05) is 5.56 Å². The summed E-state index contributed by atoms with van der Waals surface area (Å²) in [5.74, 6) is 0.193. The van der Waals surface area contributed by atoms with Gasteiger partial charge in [-0.25, -0.2) is 4.39 Å². The second kappa shape index (κ2) is 6.30. The van der Waals surface area contributed by atoms with Gasteiger partial charge >= 0.3 is 0 Å². The summed E-state index contributed by atoms with van der Waals surface area (Å²) in [6.45, 7) is 0.117. The molecule has 0 amide bonds. The van der Waals surface area contributed by atoms with E-state index < -0.39 is 5.82 Å². The third kappa shape index (κ3) is 3.14. The van der Waals surface area contributed by atoms with Crippen LogP contribution in [0.2, 0.25) is 5.02 Å². The van der Waals surface area contributed by atoms with Crippen LogP contribution in [0.5, 0.6) is 17.2 Å². The highest BCUT2D eigenvalue weighted by Crippen LogP contribution is 2.40. The summed E-state index contributed by atoms with van der Waals surface area (Å²) in [4.78, 5) is 12.1. The molecule has 0 N–H and O–H groups in total. The Morgan fingerprint density at radius 2 is 2.13 bits per heavy atom. The summed E-state index contributed by atoms with van der Waals surface area (Å²) in [5, 5.41) is 0.405. The van der Waals surface area contributed by atoms with Gasteiger partial charge in [-0.15, -0.1) is 0 Å². The van der Waals surface area contributed by atoms with Crippen molar-refractivity contribution < 1.29 is 23.4 Å². The number of benzene rings is 2. The summed E-state index contributed by atoms with van der Waals surface area (Å²) >= 11 is 6.07. The SMILES string of the molecule is COc1ccc(C(=O)/C=C/c2cc(Cl)c3c(c2)OCO3)cc1F. The van der Waals surface area contributed by atoms with E-state index in [1.54, 1.807) is 18.2 Å². The lowest BCUT2D eigenvalue weighted by Crippen LogP contribution is -1.97. The topological polar surface area (TPSA) is 44.8 Å². The van der Waals surface area contributed by atoms with E-state index in [1.165, 1.54) is 25.3 Å². The number of methoxy groups -OCH3 is 1. The fraction of sp³-hybridized carbons (Fsp3) is 0.118. The van der Waals surface area contributed by atoms with Crippen molar-refractivity contribution in [3.05, 3.63) is 58.4 Å². The second-order valence-electron chi connectivity index (χ2n) is 4.78. The molecule has 0 unspecified atom stereocenters. The molecule has 0 spiro atoms. The minimum Gasteiger partial charge on any atom is -0.494 e. The van der Waals surface area contributed by atoms with Gasteiger partial charge in [-0.05, 0) is 42.0 Å². The molecule has 6 heteroatoms. The number of rotatable bonds is 4. The Hall–Kier alpha value is -2.53. The van der Waals surface area contributed by atoms with E-state index in [0.29, 0.717) is 22.1 Å². The average molecular weight is 335 g/mol. The molecule has 0 saturated carbocycles. The highest BCUT2D eigenvalue weighted by Gasteiger charge is 2.17. The molecule has 23 heavy (non-hydrogen) atoms. The van der Waals surface area contributed by atoms with Crippen LogP contribution in [-0.2, 0) is 0 Å². The minimum absolute atomic E-state index is 0.0908. The van der Waals surface area contributed by atoms with E-state index in [9.17, 15) is 9.18 Å². The molecule has 1 heterocycles. The molecule has 2 aromatic carbocycles. The van der Waals surface area contributed by atoms with E-state index >= 15 is 0 Å². The molecule has 1 aliphatic heterocycles. The molecule has 0 saturated heterocycles. The van der Waals surface area contributed by atoms with Crippen molar-refractivity contribution in [3.8, 4) is 17.2 Å². The summed E-state index contributed by atoms with van der Waals surface area (Å²) in [6.07, 6.45) is 2.92. The van der Waals surface area contributed by atoms with Crippen LogP contribution < -0.4 is 14.2 Å². The molecule has 0 bridgehead atoms. The Morgan fingerprint density at radius 3 is 2.87 bits per heavy atom. The van der Waals surface area contributed by atoms with Crippen LogP contribution in [0.15, 0.2) is 36.4 Å². The van der Waals surface area contributed by atoms with Crippen molar-refractivity contribution in [2.75, 3.05) is 13.9 Å². The summed E-state index contributed by atoms with van der Waals surface area (Å²) in [5.41, 5.74) is 0.910. The van der Waals surface area contributed by atoms with Gasteiger partial charge in [-0.1, -0.05) is 17.7 Å². The predicted molar refractivity (Wildman–Crippen MR) is 83.9 cm³/mol. The smallest absolute Gasteiger partial charge is 0.231 e. The molecular weight excluding hydrogens is 323 g/mol. The number of hydrogen-bond acceptors (Lipinski definition) is 4. The molecule has 0 radical (unpaired) electrons. The maximum Gasteiger partial charge on any atom is 0.231 e. The molecule has 1 aliphatic rings. The van der Waals surface area contributed by atoms with Crippen molar-refractivity contribution in [3.63, 3.8) is 0 Å². The molecule has 3 rings (SSSR count). The quantitative estimate of drug-likeness (QED) is 0.623. The number of carbonyl (C=O) groups is 1. The van der Waals surface area contributed by atoms with E-state index in [1.807, 2.05) is 0 Å². The van der Waals surface area contributed by atoms with Crippen molar-refractivity contribution in [1.29, 1.82) is 0 Å². The van der Waals surface area contributed by atoms with Gasteiger partial charge in [-0.3, -0.25) is 4.79 Å². The number of allylic oxidation sites excluding steroid dienone is 1. The number of ketones is 1. The lowest BCUT2D eigenvalue weighted by molar-refractivity contribution is 0.104. The lowest BCUT2D eigenvalue weighted by Gasteiger charge is -2.03. The molecule has 0 fully saturated rings. The van der Waals surface area contributed by atoms with Gasteiger partial charge in [0.2, 0.25) is 6.79 Å². The van der Waals surface area contributed by atoms with Crippen molar-refractivity contribution >= 4 is 23.5 Å². The minimum atomic E-state index is -0.585. The largest absolute Gasteiger partial charge is 0.494 e. The summed E-state index contributed by atoms with van der Waals surface area (Å²) in [6, 6.07) is 7.42. The maximum atomic E-state index is 13.6. The highest BCUT2D eigenvalue weighted by molar-refractivity contribution is 6.32. The first-order chi connectivity index (χ1) is 11.1. The average Bonchev–Trinajstić information content (AvgIpc) is 3.01. The Morgan fingerprint density at radius 1 is 1.30 bits per heavy atom. The zero-order valence-electron chi connectivity index (χ0n) is 12.1. The van der Waals surface area contributed by atoms with Gasteiger partial charge in [-0.2, -0.15) is 0 Å². The zero-order valence-corrected chi connectivity index (χ0v) is 12.9. The van der Waals surface area contributed by atoms with E-state index in [2.05, 4.69) is 0 Å². The molecule has 0 atom stereocenters. The van der Waals surface area contributed by atoms with Crippen LogP contribution in [0, 0.1) is 5.82 Å². The first-order valence-corrected chi connectivity index (χ1v) is 7.11. The molecule has 4 nitrogen and oxygen atoms in total. The molecule has 0 aromatic heterocycles. The maximum absolute atomic E-state index is 13.6. The van der Waals surface area contributed by atoms with E-state index in [0.717, 1.165) is 6.07 Å². The standard InChI is InChI=1S/C17H12ClFO4/c1-21-15-5-3-11(8-13(15)19)14(20)4-2-10-6-12(18)17-16(7-10)22-9-23-17/h2-8H,9H2,1H3/b4-2+. The van der Waals surface area contributed by atoms with E-state index in [4.69, 9.17) is 25.8 Å². The van der Waals surface area contributed by atoms with Crippen molar-refractivity contribution in [2.45, 2.75) is 0 Å². The Bertz CT molecular complexity index is 801. The Kier molecular flexibility index (Phi) is 4.21. The molecule has 118 valence electrons.